The number of benzene rings is 3. The Kier molecular flexibility index (Phi) is 5.29. The Balaban J connectivity index is 1.60. The summed E-state index contributed by atoms with van der Waals surface area (Å²) in [4.78, 5) is 22.7. The summed E-state index contributed by atoms with van der Waals surface area (Å²) in [5.41, 5.74) is 4.31. The molecule has 6 heteroatoms. The van der Waals surface area contributed by atoms with Gasteiger partial charge in [-0.15, -0.1) is 0 Å². The molecule has 0 bridgehead atoms. The first kappa shape index (κ1) is 20.2. The van der Waals surface area contributed by atoms with Crippen LogP contribution in [-0.4, -0.2) is 23.0 Å². The van der Waals surface area contributed by atoms with E-state index < -0.39 is 0 Å². The van der Waals surface area contributed by atoms with Crippen molar-refractivity contribution in [1.82, 2.24) is 9.97 Å². The number of hydrogen-bond acceptors (Lipinski definition) is 4. The first-order valence-corrected chi connectivity index (χ1v) is 10.8. The molecule has 0 unspecified atom stereocenters. The number of rotatable bonds is 4. The molecule has 0 atom stereocenters. The number of nitrogens with zero attached hydrogens (tertiary/aromatic N) is 2. The third-order valence-corrected chi connectivity index (χ3v) is 6.00. The average Bonchev–Trinajstić information content (AvgIpc) is 2.85. The number of ether oxygens (including phenoxy) is 1. The second-order valence-electron chi connectivity index (χ2n) is 7.25. The number of pyridine rings is 2. The number of amides is 1. The molecule has 32 heavy (non-hydrogen) atoms. The van der Waals surface area contributed by atoms with Crippen LogP contribution in [0.25, 0.3) is 33.1 Å². The third kappa shape index (κ3) is 3.69. The number of fused-ring (bicyclic) bond motifs is 2. The van der Waals surface area contributed by atoms with Crippen LogP contribution < -0.4 is 10.1 Å². The standard InChI is InChI=1S/C26H18BrN3O2/c1-32-17-10-8-16(9-11-17)24-15-20(18-5-2-3-7-22(18)29-24)26(31)30-23-13-12-21(27)19-6-4-14-28-25(19)23/h2-15H,1H3,(H,30,31). The van der Waals surface area contributed by atoms with E-state index in [4.69, 9.17) is 9.72 Å². The lowest BCUT2D eigenvalue weighted by Crippen LogP contribution is -2.13. The number of methoxy groups -OCH3 is 1. The van der Waals surface area contributed by atoms with Crippen molar-refractivity contribution in [3.63, 3.8) is 0 Å². The lowest BCUT2D eigenvalue weighted by Gasteiger charge is -2.12. The van der Waals surface area contributed by atoms with Crippen LogP contribution in [0.2, 0.25) is 0 Å². The summed E-state index contributed by atoms with van der Waals surface area (Å²) in [6, 6.07) is 24.7. The molecule has 2 aromatic heterocycles. The van der Waals surface area contributed by atoms with Gasteiger partial charge >= 0.3 is 0 Å². The first-order chi connectivity index (χ1) is 15.6. The smallest absolute Gasteiger partial charge is 0.256 e. The minimum absolute atomic E-state index is 0.215. The van der Waals surface area contributed by atoms with Crippen LogP contribution in [0.1, 0.15) is 10.4 Å². The van der Waals surface area contributed by atoms with Crippen molar-refractivity contribution in [1.29, 1.82) is 0 Å². The summed E-state index contributed by atoms with van der Waals surface area (Å²) in [7, 11) is 1.63. The van der Waals surface area contributed by atoms with Gasteiger partial charge in [0, 0.05) is 27.0 Å². The van der Waals surface area contributed by atoms with Gasteiger partial charge in [0.25, 0.3) is 5.91 Å². The van der Waals surface area contributed by atoms with Crippen molar-refractivity contribution in [2.75, 3.05) is 12.4 Å². The van der Waals surface area contributed by atoms with Crippen molar-refractivity contribution in [3.05, 3.63) is 95.1 Å². The molecule has 3 aromatic carbocycles. The molecule has 0 radical (unpaired) electrons. The average molecular weight is 484 g/mol. The Morgan fingerprint density at radius 2 is 1.72 bits per heavy atom. The van der Waals surface area contributed by atoms with Crippen molar-refractivity contribution in [2.24, 2.45) is 0 Å². The fraction of sp³-hybridized carbons (Fsp3) is 0.0385. The van der Waals surface area contributed by atoms with E-state index in [1.807, 2.05) is 78.9 Å². The van der Waals surface area contributed by atoms with Gasteiger partial charge in [-0.05, 0) is 54.6 Å². The van der Waals surface area contributed by atoms with E-state index in [1.165, 1.54) is 0 Å². The molecule has 0 saturated heterocycles. The molecule has 0 aliphatic rings. The summed E-state index contributed by atoms with van der Waals surface area (Å²) in [6.45, 7) is 0. The molecule has 0 aliphatic heterocycles. The fourth-order valence-corrected chi connectivity index (χ4v) is 4.15. The van der Waals surface area contributed by atoms with Crippen molar-refractivity contribution in [3.8, 4) is 17.0 Å². The highest BCUT2D eigenvalue weighted by molar-refractivity contribution is 9.10. The van der Waals surface area contributed by atoms with E-state index in [2.05, 4.69) is 26.2 Å². The van der Waals surface area contributed by atoms with Gasteiger partial charge in [0.05, 0.1) is 35.1 Å². The van der Waals surface area contributed by atoms with Gasteiger partial charge in [0.15, 0.2) is 0 Å². The summed E-state index contributed by atoms with van der Waals surface area (Å²) in [6.07, 6.45) is 1.72. The van der Waals surface area contributed by atoms with Gasteiger partial charge in [-0.3, -0.25) is 9.78 Å². The molecule has 156 valence electrons. The molecular formula is C26H18BrN3O2. The fourth-order valence-electron chi connectivity index (χ4n) is 3.70. The zero-order valence-electron chi connectivity index (χ0n) is 17.2. The van der Waals surface area contributed by atoms with Crippen LogP contribution in [0, 0.1) is 0 Å². The molecule has 0 fully saturated rings. The monoisotopic (exact) mass is 483 g/mol. The highest BCUT2D eigenvalue weighted by Gasteiger charge is 2.16. The minimum atomic E-state index is -0.215. The van der Waals surface area contributed by atoms with E-state index in [9.17, 15) is 4.79 Å². The maximum Gasteiger partial charge on any atom is 0.256 e. The third-order valence-electron chi connectivity index (χ3n) is 5.31. The Morgan fingerprint density at radius 3 is 2.53 bits per heavy atom. The first-order valence-electron chi connectivity index (χ1n) is 10.0. The highest BCUT2D eigenvalue weighted by atomic mass is 79.9. The number of carbonyl (C=O) groups excluding carboxylic acids is 1. The number of para-hydroxylation sites is 1. The van der Waals surface area contributed by atoms with Crippen LogP contribution >= 0.6 is 15.9 Å². The van der Waals surface area contributed by atoms with E-state index >= 15 is 0 Å². The van der Waals surface area contributed by atoms with E-state index in [0.717, 1.165) is 43.3 Å². The van der Waals surface area contributed by atoms with Crippen molar-refractivity contribution >= 4 is 49.3 Å². The number of nitrogens with one attached hydrogen (secondary N) is 1. The van der Waals surface area contributed by atoms with Crippen molar-refractivity contribution < 1.29 is 9.53 Å². The van der Waals surface area contributed by atoms with Crippen LogP contribution in [-0.2, 0) is 0 Å². The summed E-state index contributed by atoms with van der Waals surface area (Å²) in [5, 5.41) is 4.77. The zero-order chi connectivity index (χ0) is 22.1. The quantitative estimate of drug-likeness (QED) is 0.318. The maximum absolute atomic E-state index is 13.4. The minimum Gasteiger partial charge on any atom is -0.497 e. The van der Waals surface area contributed by atoms with Gasteiger partial charge in [0.1, 0.15) is 5.75 Å². The van der Waals surface area contributed by atoms with Gasteiger partial charge in [0.2, 0.25) is 0 Å². The molecule has 5 aromatic rings. The molecule has 0 spiro atoms. The van der Waals surface area contributed by atoms with E-state index in [1.54, 1.807) is 13.3 Å². The van der Waals surface area contributed by atoms with Gasteiger partial charge in [-0.25, -0.2) is 4.98 Å². The number of aromatic nitrogens is 2. The van der Waals surface area contributed by atoms with Crippen LogP contribution in [0.5, 0.6) is 5.75 Å². The predicted octanol–water partition coefficient (Wildman–Crippen LogP) is 6.47. The van der Waals surface area contributed by atoms with Crippen LogP contribution in [0.15, 0.2) is 89.5 Å². The summed E-state index contributed by atoms with van der Waals surface area (Å²) >= 11 is 3.55. The highest BCUT2D eigenvalue weighted by Crippen LogP contribution is 2.30. The van der Waals surface area contributed by atoms with Crippen LogP contribution in [0.4, 0.5) is 5.69 Å². The molecule has 0 aliphatic carbocycles. The molecule has 5 nitrogen and oxygen atoms in total. The molecule has 0 saturated carbocycles. The largest absolute Gasteiger partial charge is 0.497 e. The number of carbonyl (C=O) groups is 1. The second kappa shape index (κ2) is 8.40. The number of halogens is 1. The molecule has 5 rings (SSSR count). The Bertz CT molecular complexity index is 1470. The number of hydrogen-bond donors (Lipinski definition) is 1. The molecule has 1 N–H and O–H groups in total. The second-order valence-corrected chi connectivity index (χ2v) is 8.10. The molecule has 2 heterocycles. The van der Waals surface area contributed by atoms with Gasteiger partial charge < -0.3 is 10.1 Å². The van der Waals surface area contributed by atoms with E-state index in [0.29, 0.717) is 11.3 Å². The molecule has 1 amide bonds. The topological polar surface area (TPSA) is 64.1 Å². The molecular weight excluding hydrogens is 466 g/mol. The Morgan fingerprint density at radius 1 is 0.938 bits per heavy atom. The Hall–Kier alpha value is -3.77. The lowest BCUT2D eigenvalue weighted by molar-refractivity contribution is 0.102. The van der Waals surface area contributed by atoms with Crippen molar-refractivity contribution in [2.45, 2.75) is 0 Å². The SMILES string of the molecule is COc1ccc(-c2cc(C(=O)Nc3ccc(Br)c4cccnc34)c3ccccc3n2)cc1. The van der Waals surface area contributed by atoms with E-state index in [-0.39, 0.29) is 5.91 Å². The predicted molar refractivity (Wildman–Crippen MR) is 131 cm³/mol. The van der Waals surface area contributed by atoms with Gasteiger partial charge in [-0.1, -0.05) is 40.2 Å². The summed E-state index contributed by atoms with van der Waals surface area (Å²) < 4.78 is 6.18. The van der Waals surface area contributed by atoms with Gasteiger partial charge in [-0.2, -0.15) is 0 Å². The number of anilines is 1. The maximum atomic E-state index is 13.4. The lowest BCUT2D eigenvalue weighted by atomic mass is 10.0. The summed E-state index contributed by atoms with van der Waals surface area (Å²) in [5.74, 6) is 0.551. The Labute approximate surface area is 193 Å². The van der Waals surface area contributed by atoms with Crippen LogP contribution in [0.3, 0.4) is 0 Å². The normalized spacial score (nSPS) is 10.9. The zero-order valence-corrected chi connectivity index (χ0v) is 18.8.